The third-order valence-electron chi connectivity index (χ3n) is 0.341. The van der Waals surface area contributed by atoms with Crippen LogP contribution in [0.1, 0.15) is 6.92 Å². The van der Waals surface area contributed by atoms with E-state index in [9.17, 15) is 0 Å². The van der Waals surface area contributed by atoms with Crippen LogP contribution in [0.3, 0.4) is 0 Å². The molecule has 5 heavy (non-hydrogen) atoms. The maximum atomic E-state index is 3.98. The summed E-state index contributed by atoms with van der Waals surface area (Å²) in [6.45, 7) is 1.97. The van der Waals surface area contributed by atoms with Gasteiger partial charge < -0.3 is 0 Å². The van der Waals surface area contributed by atoms with Gasteiger partial charge in [-0.2, -0.15) is 0 Å². The van der Waals surface area contributed by atoms with E-state index in [1.165, 1.54) is 0 Å². The van der Waals surface area contributed by atoms with Crippen molar-refractivity contribution in [3.63, 3.8) is 0 Å². The summed E-state index contributed by atoms with van der Waals surface area (Å²) in [6, 6.07) is 0. The van der Waals surface area contributed by atoms with Crippen LogP contribution in [-0.4, -0.2) is 18.7 Å². The first-order chi connectivity index (χ1) is 2.27. The molecule has 0 nitrogen and oxygen atoms in total. The third-order valence-corrected chi connectivity index (χ3v) is 0.552. The quantitative estimate of drug-likeness (QED) is 0.337. The van der Waals surface area contributed by atoms with Crippen molar-refractivity contribution in [1.82, 2.24) is 0 Å². The zero-order chi connectivity index (χ0) is 4.28. The molecule has 2 heteroatoms. The van der Waals surface area contributed by atoms with Gasteiger partial charge in [0.05, 0.1) is 0 Å². The Morgan fingerprint density at radius 1 is 2.00 bits per heavy atom. The van der Waals surface area contributed by atoms with Crippen LogP contribution in [0.15, 0.2) is 0 Å². The van der Waals surface area contributed by atoms with E-state index in [4.69, 9.17) is 0 Å². The van der Waals surface area contributed by atoms with Crippen molar-refractivity contribution in [2.45, 2.75) is 12.2 Å². The van der Waals surface area contributed by atoms with Gasteiger partial charge in [-0.1, -0.05) is 0 Å². The SMILES string of the molecule is B=CC(C)S. The fourth-order valence-corrected chi connectivity index (χ4v) is 0. The molecule has 0 rings (SSSR count). The van der Waals surface area contributed by atoms with Crippen molar-refractivity contribution in [3.05, 3.63) is 0 Å². The van der Waals surface area contributed by atoms with Gasteiger partial charge in [-0.05, 0) is 0 Å². The van der Waals surface area contributed by atoms with E-state index in [0.29, 0.717) is 5.25 Å². The van der Waals surface area contributed by atoms with E-state index in [1.54, 1.807) is 5.97 Å². The Morgan fingerprint density at radius 3 is 2.20 bits per heavy atom. The van der Waals surface area contributed by atoms with Gasteiger partial charge in [0.1, 0.15) is 0 Å². The molecule has 0 aliphatic heterocycles. The van der Waals surface area contributed by atoms with E-state index in [1.807, 2.05) is 6.92 Å². The summed E-state index contributed by atoms with van der Waals surface area (Å²) in [5.74, 6) is 1.78. The molecular weight excluding hydrogens is 78.9 g/mol. The van der Waals surface area contributed by atoms with Crippen molar-refractivity contribution in [1.29, 1.82) is 0 Å². The molecule has 0 heterocycles. The number of hydrogen-bond acceptors (Lipinski definition) is 1. The van der Waals surface area contributed by atoms with Gasteiger partial charge >= 0.3 is 38.3 Å². The van der Waals surface area contributed by atoms with Crippen molar-refractivity contribution >= 4 is 26.1 Å². The Labute approximate surface area is 39.1 Å². The number of rotatable bonds is 1. The predicted molar refractivity (Wildman–Crippen MR) is 31.7 cm³/mol. The second kappa shape index (κ2) is 2.52. The fourth-order valence-electron chi connectivity index (χ4n) is 0. The topological polar surface area (TPSA) is 0 Å². The minimum absolute atomic E-state index is 0.343. The van der Waals surface area contributed by atoms with E-state index >= 15 is 0 Å². The third kappa shape index (κ3) is 4.28. The Balaban J connectivity index is 2.83. The standard InChI is InChI=1S/C3H7BS/c1-3(5)2-4/h2-5H,1H3. The first-order valence-electron chi connectivity index (χ1n) is 1.58. The molecule has 0 aromatic heterocycles. The molecule has 28 valence electrons. The molecule has 0 aliphatic rings. The van der Waals surface area contributed by atoms with Crippen molar-refractivity contribution < 1.29 is 0 Å². The minimum atomic E-state index is 0.343. The molecule has 0 spiro atoms. The Hall–Kier alpha value is 0.285. The molecule has 0 aromatic rings. The zero-order valence-electron chi connectivity index (χ0n) is 3.31. The fraction of sp³-hybridized carbons (Fsp3) is 0.667. The van der Waals surface area contributed by atoms with E-state index in [2.05, 4.69) is 20.1 Å². The van der Waals surface area contributed by atoms with Crippen LogP contribution in [0.2, 0.25) is 0 Å². The van der Waals surface area contributed by atoms with Gasteiger partial charge in [0, 0.05) is 0 Å². The van der Waals surface area contributed by atoms with Crippen molar-refractivity contribution in [3.8, 4) is 0 Å². The number of thiol groups is 1. The molecule has 0 aliphatic carbocycles. The Kier molecular flexibility index (Phi) is 2.66. The maximum absolute atomic E-state index is 3.98. The average Bonchev–Trinajstić information content (AvgIpc) is 1.38. The van der Waals surface area contributed by atoms with Gasteiger partial charge in [-0.25, -0.2) is 0 Å². The monoisotopic (exact) mass is 86.0 g/mol. The van der Waals surface area contributed by atoms with Crippen LogP contribution in [0.25, 0.3) is 0 Å². The summed E-state index contributed by atoms with van der Waals surface area (Å²) in [7, 11) is 3.48. The van der Waals surface area contributed by atoms with Crippen LogP contribution >= 0.6 is 12.6 Å². The first-order valence-corrected chi connectivity index (χ1v) is 2.09. The van der Waals surface area contributed by atoms with Crippen LogP contribution in [0, 0.1) is 0 Å². The van der Waals surface area contributed by atoms with Crippen LogP contribution < -0.4 is 0 Å². The van der Waals surface area contributed by atoms with E-state index < -0.39 is 0 Å². The molecule has 1 atom stereocenters. The normalized spacial score (nSPS) is 13.8. The van der Waals surface area contributed by atoms with Gasteiger partial charge in [0.2, 0.25) is 0 Å². The molecule has 0 N–H and O–H groups in total. The molecule has 0 saturated heterocycles. The van der Waals surface area contributed by atoms with Crippen molar-refractivity contribution in [2.75, 3.05) is 0 Å². The van der Waals surface area contributed by atoms with E-state index in [0.717, 1.165) is 0 Å². The molecule has 0 radical (unpaired) electrons. The summed E-state index contributed by atoms with van der Waals surface area (Å²) < 4.78 is 0. The van der Waals surface area contributed by atoms with Gasteiger partial charge in [-0.15, -0.1) is 0 Å². The summed E-state index contributed by atoms with van der Waals surface area (Å²) >= 11 is 3.98. The molecule has 0 aromatic carbocycles. The van der Waals surface area contributed by atoms with Crippen LogP contribution in [0.5, 0.6) is 0 Å². The Morgan fingerprint density at radius 2 is 2.20 bits per heavy atom. The summed E-state index contributed by atoms with van der Waals surface area (Å²) in [6.07, 6.45) is 0. The van der Waals surface area contributed by atoms with Crippen LogP contribution in [-0.2, 0) is 0 Å². The number of hydrogen-bond donors (Lipinski definition) is 1. The molecule has 0 saturated carbocycles. The van der Waals surface area contributed by atoms with E-state index in [-0.39, 0.29) is 0 Å². The molecule has 0 amide bonds. The Bertz CT molecular complexity index is 33.9. The van der Waals surface area contributed by atoms with Gasteiger partial charge in [0.15, 0.2) is 0 Å². The zero-order valence-corrected chi connectivity index (χ0v) is 4.20. The molecular formula is C3H7BS. The second-order valence-corrected chi connectivity index (χ2v) is 1.79. The summed E-state index contributed by atoms with van der Waals surface area (Å²) in [5, 5.41) is 0.343. The predicted octanol–water partition coefficient (Wildman–Crippen LogP) is 0.00770. The molecule has 1 unspecified atom stereocenters. The van der Waals surface area contributed by atoms with Crippen molar-refractivity contribution in [2.24, 2.45) is 0 Å². The van der Waals surface area contributed by atoms with Crippen LogP contribution in [0.4, 0.5) is 0 Å². The summed E-state index contributed by atoms with van der Waals surface area (Å²) in [4.78, 5) is 0. The van der Waals surface area contributed by atoms with Gasteiger partial charge in [-0.3, -0.25) is 0 Å². The summed E-state index contributed by atoms with van der Waals surface area (Å²) in [5.41, 5.74) is 0. The first kappa shape index (κ1) is 5.28. The average molecular weight is 86.0 g/mol. The molecule has 0 fully saturated rings. The van der Waals surface area contributed by atoms with Gasteiger partial charge in [0.25, 0.3) is 0 Å². The second-order valence-electron chi connectivity index (χ2n) is 0.976. The molecule has 0 bridgehead atoms.